The van der Waals surface area contributed by atoms with E-state index in [1.54, 1.807) is 0 Å². The molecular formula is C104H208N2O16P2. The maximum absolute atomic E-state index is 12.7. The Morgan fingerprint density at radius 2 is 0.363 bits per heavy atom. The maximum Gasteiger partial charge on any atom is 0.306 e. The third kappa shape index (κ3) is 104. The number of rotatable bonds is 100. The Labute approximate surface area is 768 Å². The van der Waals surface area contributed by atoms with Crippen molar-refractivity contribution in [3.63, 3.8) is 0 Å². The molecule has 4 atom stereocenters. The van der Waals surface area contributed by atoms with Crippen molar-refractivity contribution in [2.24, 2.45) is 0 Å². The normalized spacial score (nSPS) is 13.3. The van der Waals surface area contributed by atoms with Gasteiger partial charge in [-0.3, -0.25) is 28.3 Å². The van der Waals surface area contributed by atoms with Crippen molar-refractivity contribution in [3.8, 4) is 0 Å². The number of quaternary nitrogens is 2. The highest BCUT2D eigenvalue weighted by Crippen LogP contribution is 2.40. The van der Waals surface area contributed by atoms with E-state index in [4.69, 9.17) is 37.0 Å². The predicted octanol–water partition coefficient (Wildman–Crippen LogP) is 30.6. The molecule has 18 nitrogen and oxygen atoms in total. The van der Waals surface area contributed by atoms with Gasteiger partial charge in [0.25, 0.3) is 15.6 Å². The van der Waals surface area contributed by atoms with Crippen LogP contribution >= 0.6 is 15.6 Å². The van der Waals surface area contributed by atoms with E-state index < -0.39 is 53.0 Å². The fraction of sp³-hybridized carbons (Fsp3) is 0.962. The number of likely N-dealkylation sites (N-methyl/N-ethyl adjacent to an activating group) is 2. The third-order valence-corrected chi connectivity index (χ3v) is 26.2. The van der Waals surface area contributed by atoms with Gasteiger partial charge in [0.2, 0.25) is 0 Å². The molecule has 0 amide bonds. The number of unbranched alkanes of at least 4 members (excludes halogenated alkanes) is 72. The van der Waals surface area contributed by atoms with Crippen LogP contribution in [0.25, 0.3) is 0 Å². The lowest BCUT2D eigenvalue weighted by Crippen LogP contribution is -2.37. The SMILES string of the molecule is CCCCCCCCCCCCCCCCCCCCCC(=O)OC[C@H](COP(=O)([O-])OCC[N+](C)(C)C)OC(=O)CCCCCCCCCCCCCCCCCCCCC.CCCCCCCCCCCCCCCCCCCCCC(=O)OC[C@H](COP(=O)([O-])OCC[N+](C)(C)C)OC(=O)CCCCCCCCCCCCCCCCCCCCC. The van der Waals surface area contributed by atoms with Crippen LogP contribution in [0.15, 0.2) is 0 Å². The summed E-state index contributed by atoms with van der Waals surface area (Å²) >= 11 is 0. The van der Waals surface area contributed by atoms with Crippen LogP contribution in [-0.4, -0.2) is 140 Å². The average molecular weight is 1800 g/mol. The highest BCUT2D eigenvalue weighted by atomic mass is 31.2. The van der Waals surface area contributed by atoms with E-state index in [-0.39, 0.29) is 64.0 Å². The molecule has 2 unspecified atom stereocenters. The molecule has 0 heterocycles. The molecule has 0 aliphatic carbocycles. The van der Waals surface area contributed by atoms with Crippen LogP contribution in [0.3, 0.4) is 0 Å². The van der Waals surface area contributed by atoms with Crippen LogP contribution in [0.2, 0.25) is 0 Å². The van der Waals surface area contributed by atoms with Gasteiger partial charge >= 0.3 is 23.9 Å². The molecule has 0 aromatic rings. The molecule has 0 aliphatic heterocycles. The van der Waals surface area contributed by atoms with Crippen LogP contribution < -0.4 is 9.79 Å². The van der Waals surface area contributed by atoms with Crippen molar-refractivity contribution in [3.05, 3.63) is 0 Å². The number of carbonyl (C=O) groups excluding carboxylic acids is 4. The lowest BCUT2D eigenvalue weighted by Gasteiger charge is -2.28. The molecule has 0 radical (unpaired) electrons. The van der Waals surface area contributed by atoms with Crippen molar-refractivity contribution in [1.82, 2.24) is 0 Å². The van der Waals surface area contributed by atoms with Gasteiger partial charge in [-0.25, -0.2) is 0 Å². The molecule has 0 rings (SSSR count). The number of nitrogens with zero attached hydrogens (tertiary/aromatic N) is 2. The molecule has 0 fully saturated rings. The summed E-state index contributed by atoms with van der Waals surface area (Å²) in [5, 5.41) is 0. The quantitative estimate of drug-likeness (QED) is 0.0181. The fourth-order valence-electron chi connectivity index (χ4n) is 15.9. The lowest BCUT2D eigenvalue weighted by molar-refractivity contribution is -0.870. The second kappa shape index (κ2) is 94.2. The molecular weight excluding hydrogens is 1600 g/mol. The topological polar surface area (TPSA) is 222 Å². The second-order valence-electron chi connectivity index (χ2n) is 39.2. The zero-order chi connectivity index (χ0) is 91.3. The molecule has 0 saturated carbocycles. The number of phosphoric ester groups is 2. The number of esters is 4. The Balaban J connectivity index is 0. The van der Waals surface area contributed by atoms with Crippen LogP contribution in [0, 0.1) is 0 Å². The summed E-state index contributed by atoms with van der Waals surface area (Å²) in [6.45, 7) is 8.60. The van der Waals surface area contributed by atoms with Crippen molar-refractivity contribution in [1.29, 1.82) is 0 Å². The Hall–Kier alpha value is -1.98. The molecule has 0 aromatic heterocycles. The van der Waals surface area contributed by atoms with Gasteiger partial charge in [0, 0.05) is 25.7 Å². The van der Waals surface area contributed by atoms with E-state index in [9.17, 15) is 38.1 Å². The van der Waals surface area contributed by atoms with Gasteiger partial charge in [-0.15, -0.1) is 0 Å². The summed E-state index contributed by atoms with van der Waals surface area (Å²) in [6.07, 6.45) is 96.9. The van der Waals surface area contributed by atoms with Crippen molar-refractivity contribution in [2.45, 2.75) is 554 Å². The van der Waals surface area contributed by atoms with Crippen molar-refractivity contribution >= 4 is 39.5 Å². The van der Waals surface area contributed by atoms with Gasteiger partial charge in [-0.05, 0) is 25.7 Å². The molecule has 0 aromatic carbocycles. The minimum atomic E-state index is -4.62. The molecule has 0 spiro atoms. The minimum absolute atomic E-state index is 0.0252. The van der Waals surface area contributed by atoms with Gasteiger partial charge in [-0.1, -0.05) is 490 Å². The Morgan fingerprint density at radius 3 is 0.516 bits per heavy atom. The molecule has 0 aliphatic rings. The number of carbonyl (C=O) groups is 4. The predicted molar refractivity (Wildman–Crippen MR) is 519 cm³/mol. The largest absolute Gasteiger partial charge is 0.756 e. The van der Waals surface area contributed by atoms with Crippen molar-refractivity contribution in [2.75, 3.05) is 95.0 Å². The second-order valence-corrected chi connectivity index (χ2v) is 42.0. The molecule has 740 valence electrons. The lowest BCUT2D eigenvalue weighted by atomic mass is 10.0. The Bertz CT molecular complexity index is 2200. The Kier molecular flexibility index (Phi) is 94.3. The monoisotopic (exact) mass is 1800 g/mol. The number of phosphoric acid groups is 2. The van der Waals surface area contributed by atoms with Crippen LogP contribution in [0.5, 0.6) is 0 Å². The first-order valence-electron chi connectivity index (χ1n) is 53.5. The first-order chi connectivity index (χ1) is 60.0. The van der Waals surface area contributed by atoms with Gasteiger partial charge in [0.05, 0.1) is 55.5 Å². The molecule has 0 saturated heterocycles. The van der Waals surface area contributed by atoms with Crippen LogP contribution in [0.4, 0.5) is 0 Å². The van der Waals surface area contributed by atoms with Crippen LogP contribution in [-0.2, 0) is 65.4 Å². The molecule has 20 heteroatoms. The summed E-state index contributed by atoms with van der Waals surface area (Å²) in [5.74, 6) is -1.62. The van der Waals surface area contributed by atoms with E-state index in [2.05, 4.69) is 27.7 Å². The number of ether oxygens (including phenoxy) is 4. The van der Waals surface area contributed by atoms with Gasteiger partial charge in [0.15, 0.2) is 12.2 Å². The van der Waals surface area contributed by atoms with E-state index in [1.807, 2.05) is 42.3 Å². The standard InChI is InChI=1S/2C52H104NO8P/c2*1-6-8-10-12-14-16-18-20-22-24-26-28-30-32-34-36-38-40-42-44-51(54)58-48-50(49-60-62(56,57)59-47-46-53(3,4)5)61-52(55)45-43-41-39-37-35-33-31-29-27-25-23-21-19-17-15-13-11-9-7-2/h2*50H,6-49H2,1-5H3/t2*50-/m11/s1. The van der Waals surface area contributed by atoms with E-state index in [0.717, 1.165) is 64.2 Å². The molecule has 124 heavy (non-hydrogen) atoms. The maximum atomic E-state index is 12.7. The fourth-order valence-corrected chi connectivity index (χ4v) is 17.4. The van der Waals surface area contributed by atoms with E-state index >= 15 is 0 Å². The smallest absolute Gasteiger partial charge is 0.306 e. The average Bonchev–Trinajstić information content (AvgIpc) is 0.905. The highest BCUT2D eigenvalue weighted by molar-refractivity contribution is 7.46. The van der Waals surface area contributed by atoms with Gasteiger partial charge in [-0.2, -0.15) is 0 Å². The first kappa shape index (κ1) is 124. The first-order valence-corrected chi connectivity index (χ1v) is 56.4. The summed E-state index contributed by atoms with van der Waals surface area (Å²) in [4.78, 5) is 75.5. The number of hydrogen-bond donors (Lipinski definition) is 0. The highest BCUT2D eigenvalue weighted by Gasteiger charge is 2.24. The zero-order valence-electron chi connectivity index (χ0n) is 83.7. The minimum Gasteiger partial charge on any atom is -0.756 e. The Morgan fingerprint density at radius 1 is 0.218 bits per heavy atom. The summed E-state index contributed by atoms with van der Waals surface area (Å²) in [7, 11) is 2.38. The summed E-state index contributed by atoms with van der Waals surface area (Å²) in [5.41, 5.74) is 0. The van der Waals surface area contributed by atoms with Crippen LogP contribution in [0.1, 0.15) is 541 Å². The van der Waals surface area contributed by atoms with E-state index in [1.165, 1.54) is 411 Å². The number of hydrogen-bond acceptors (Lipinski definition) is 16. The summed E-state index contributed by atoms with van der Waals surface area (Å²) < 4.78 is 68.2. The molecule has 0 N–H and O–H groups in total. The van der Waals surface area contributed by atoms with Gasteiger partial charge < -0.3 is 55.8 Å². The third-order valence-electron chi connectivity index (χ3n) is 24.3. The zero-order valence-corrected chi connectivity index (χ0v) is 85.5. The van der Waals surface area contributed by atoms with Gasteiger partial charge in [0.1, 0.15) is 39.5 Å². The van der Waals surface area contributed by atoms with E-state index in [0.29, 0.717) is 34.9 Å². The molecule has 0 bridgehead atoms. The van der Waals surface area contributed by atoms with Crippen molar-refractivity contribution < 1.29 is 84.1 Å². The summed E-state index contributed by atoms with van der Waals surface area (Å²) in [6, 6.07) is 0.